The summed E-state index contributed by atoms with van der Waals surface area (Å²) >= 11 is 0. The van der Waals surface area contributed by atoms with E-state index in [1.54, 1.807) is 0 Å². The Morgan fingerprint density at radius 3 is 3.08 bits per heavy atom. The molecule has 12 heavy (non-hydrogen) atoms. The molecule has 0 aromatic heterocycles. The summed E-state index contributed by atoms with van der Waals surface area (Å²) in [6.45, 7) is 4.48. The van der Waals surface area contributed by atoms with Gasteiger partial charge in [-0.25, -0.2) is 0 Å². The van der Waals surface area contributed by atoms with Gasteiger partial charge in [0.25, 0.3) is 0 Å². The molecule has 3 aliphatic rings. The minimum atomic E-state index is 0.0614. The molecule has 0 spiro atoms. The van der Waals surface area contributed by atoms with Crippen LogP contribution >= 0.6 is 0 Å². The summed E-state index contributed by atoms with van der Waals surface area (Å²) < 4.78 is 11.8. The molecule has 0 aromatic rings. The molecule has 1 saturated carbocycles. The van der Waals surface area contributed by atoms with E-state index in [4.69, 9.17) is 9.47 Å². The lowest BCUT2D eigenvalue weighted by atomic mass is 9.73. The highest BCUT2D eigenvalue weighted by molar-refractivity contribution is 5.01. The fourth-order valence-electron chi connectivity index (χ4n) is 3.00. The van der Waals surface area contributed by atoms with Crippen molar-refractivity contribution in [3.05, 3.63) is 0 Å². The van der Waals surface area contributed by atoms with E-state index < -0.39 is 0 Å². The number of fused-ring (bicyclic) bond motifs is 2. The lowest BCUT2D eigenvalue weighted by Crippen LogP contribution is -2.43. The van der Waals surface area contributed by atoms with E-state index in [2.05, 4.69) is 13.8 Å². The molecule has 2 aliphatic heterocycles. The van der Waals surface area contributed by atoms with Gasteiger partial charge in [-0.2, -0.15) is 0 Å². The van der Waals surface area contributed by atoms with Crippen molar-refractivity contribution in [2.24, 2.45) is 11.8 Å². The third-order valence-corrected chi connectivity index (χ3v) is 4.07. The minimum Gasteiger partial charge on any atom is -0.346 e. The molecular weight excluding hydrogens is 152 g/mol. The normalized spacial score (nSPS) is 62.5. The summed E-state index contributed by atoms with van der Waals surface area (Å²) in [6.07, 6.45) is 4.28. The third kappa shape index (κ3) is 0.728. The van der Waals surface area contributed by atoms with Gasteiger partial charge in [0.2, 0.25) is 0 Å². The summed E-state index contributed by atoms with van der Waals surface area (Å²) in [5.41, 5.74) is 0.0614. The fraction of sp³-hybridized carbons (Fsp3) is 1.00. The lowest BCUT2D eigenvalue weighted by Gasteiger charge is -2.39. The van der Waals surface area contributed by atoms with Crippen LogP contribution in [0.4, 0.5) is 0 Å². The van der Waals surface area contributed by atoms with Crippen molar-refractivity contribution < 1.29 is 9.47 Å². The quantitative estimate of drug-likeness (QED) is 0.550. The molecular formula is C10H16O2. The molecule has 2 heterocycles. The van der Waals surface area contributed by atoms with Crippen LogP contribution in [0.5, 0.6) is 0 Å². The summed E-state index contributed by atoms with van der Waals surface area (Å²) in [4.78, 5) is 0. The van der Waals surface area contributed by atoms with Crippen molar-refractivity contribution in [1.29, 1.82) is 0 Å². The Morgan fingerprint density at radius 1 is 1.42 bits per heavy atom. The van der Waals surface area contributed by atoms with Crippen LogP contribution in [0.2, 0.25) is 0 Å². The zero-order valence-electron chi connectivity index (χ0n) is 7.75. The zero-order chi connectivity index (χ0) is 8.34. The lowest BCUT2D eigenvalue weighted by molar-refractivity contribution is -0.135. The predicted octanol–water partition coefficient (Wildman–Crippen LogP) is 1.94. The molecule has 2 saturated heterocycles. The van der Waals surface area contributed by atoms with E-state index in [1.807, 2.05) is 0 Å². The monoisotopic (exact) mass is 168 g/mol. The van der Waals surface area contributed by atoms with Crippen molar-refractivity contribution in [3.8, 4) is 0 Å². The Hall–Kier alpha value is -0.0800. The Labute approximate surface area is 73.2 Å². The predicted molar refractivity (Wildman–Crippen MR) is 44.7 cm³/mol. The van der Waals surface area contributed by atoms with Crippen LogP contribution in [0.3, 0.4) is 0 Å². The Bertz CT molecular complexity index is 216. The first-order valence-corrected chi connectivity index (χ1v) is 5.02. The van der Waals surface area contributed by atoms with E-state index in [-0.39, 0.29) is 11.9 Å². The summed E-state index contributed by atoms with van der Waals surface area (Å²) in [6, 6.07) is 0. The SMILES string of the molecule is C[C@H]1[C@@H]2CC[C@]3(C)O[C@@H]1O[C@@H]3C2. The fourth-order valence-corrected chi connectivity index (χ4v) is 3.00. The average molecular weight is 168 g/mol. The van der Waals surface area contributed by atoms with Gasteiger partial charge in [0.1, 0.15) is 0 Å². The van der Waals surface area contributed by atoms with E-state index >= 15 is 0 Å². The standard InChI is InChI=1S/C10H16O2/c1-6-7-3-4-10(2)8(5-7)11-9(6)12-10/h6-9H,3-5H2,1-2H3/t6-,7+,8+,9-,10-/m0/s1. The van der Waals surface area contributed by atoms with Crippen molar-refractivity contribution in [2.75, 3.05) is 0 Å². The molecule has 2 heteroatoms. The van der Waals surface area contributed by atoms with E-state index in [9.17, 15) is 0 Å². The van der Waals surface area contributed by atoms with Gasteiger partial charge in [0, 0.05) is 5.92 Å². The van der Waals surface area contributed by atoms with E-state index in [1.165, 1.54) is 19.3 Å². The second-order valence-electron chi connectivity index (χ2n) is 4.82. The van der Waals surface area contributed by atoms with Crippen LogP contribution in [0.15, 0.2) is 0 Å². The number of hydrogen-bond acceptors (Lipinski definition) is 2. The van der Waals surface area contributed by atoms with Gasteiger partial charge >= 0.3 is 0 Å². The Balaban J connectivity index is 2.00. The second kappa shape index (κ2) is 2.05. The van der Waals surface area contributed by atoms with Crippen LogP contribution in [-0.2, 0) is 9.47 Å². The first kappa shape index (κ1) is 7.34. The van der Waals surface area contributed by atoms with Gasteiger partial charge in [-0.3, -0.25) is 0 Å². The molecule has 0 unspecified atom stereocenters. The minimum absolute atomic E-state index is 0.0614. The molecule has 3 fully saturated rings. The number of rotatable bonds is 0. The van der Waals surface area contributed by atoms with Crippen molar-refractivity contribution in [1.82, 2.24) is 0 Å². The molecule has 68 valence electrons. The van der Waals surface area contributed by atoms with Gasteiger partial charge < -0.3 is 9.47 Å². The van der Waals surface area contributed by atoms with Crippen molar-refractivity contribution in [3.63, 3.8) is 0 Å². The van der Waals surface area contributed by atoms with Crippen LogP contribution in [-0.4, -0.2) is 18.0 Å². The van der Waals surface area contributed by atoms with E-state index in [0.717, 1.165) is 5.92 Å². The van der Waals surface area contributed by atoms with Crippen molar-refractivity contribution >= 4 is 0 Å². The topological polar surface area (TPSA) is 18.5 Å². The van der Waals surface area contributed by atoms with Gasteiger partial charge in [-0.15, -0.1) is 0 Å². The Kier molecular flexibility index (Phi) is 1.25. The molecule has 0 N–H and O–H groups in total. The number of ether oxygens (including phenoxy) is 2. The molecule has 0 aromatic carbocycles. The molecule has 3 rings (SSSR count). The summed E-state index contributed by atoms with van der Waals surface area (Å²) in [5.74, 6) is 1.48. The number of hydrogen-bond donors (Lipinski definition) is 0. The largest absolute Gasteiger partial charge is 0.346 e. The molecule has 0 amide bonds. The van der Waals surface area contributed by atoms with E-state index in [0.29, 0.717) is 12.0 Å². The highest BCUT2D eigenvalue weighted by Gasteiger charge is 2.56. The summed E-state index contributed by atoms with van der Waals surface area (Å²) in [7, 11) is 0. The highest BCUT2D eigenvalue weighted by Crippen LogP contribution is 2.52. The van der Waals surface area contributed by atoms with Crippen LogP contribution < -0.4 is 0 Å². The van der Waals surface area contributed by atoms with Gasteiger partial charge in [-0.05, 0) is 32.1 Å². The van der Waals surface area contributed by atoms with Gasteiger partial charge in [0.15, 0.2) is 6.29 Å². The second-order valence-corrected chi connectivity index (χ2v) is 4.82. The average Bonchev–Trinajstić information content (AvgIpc) is 2.30. The smallest absolute Gasteiger partial charge is 0.161 e. The molecule has 1 aliphatic carbocycles. The zero-order valence-corrected chi connectivity index (χ0v) is 7.75. The molecule has 0 radical (unpaired) electrons. The first-order chi connectivity index (χ1) is 5.69. The van der Waals surface area contributed by atoms with Crippen LogP contribution in [0.25, 0.3) is 0 Å². The van der Waals surface area contributed by atoms with Gasteiger partial charge in [0.05, 0.1) is 11.7 Å². The van der Waals surface area contributed by atoms with Crippen LogP contribution in [0.1, 0.15) is 33.1 Å². The van der Waals surface area contributed by atoms with Crippen molar-refractivity contribution in [2.45, 2.75) is 51.1 Å². The van der Waals surface area contributed by atoms with Gasteiger partial charge in [-0.1, -0.05) is 6.92 Å². The maximum Gasteiger partial charge on any atom is 0.161 e. The molecule has 2 nitrogen and oxygen atoms in total. The maximum absolute atomic E-state index is 5.95. The molecule has 3 bridgehead atoms. The Morgan fingerprint density at radius 2 is 2.25 bits per heavy atom. The van der Waals surface area contributed by atoms with Crippen LogP contribution in [0, 0.1) is 11.8 Å². The summed E-state index contributed by atoms with van der Waals surface area (Å²) in [5, 5.41) is 0. The molecule has 5 atom stereocenters. The first-order valence-electron chi connectivity index (χ1n) is 5.02. The third-order valence-electron chi connectivity index (χ3n) is 4.07. The highest BCUT2D eigenvalue weighted by atomic mass is 16.7. The maximum atomic E-state index is 5.95.